The third-order valence-corrected chi connectivity index (χ3v) is 10.7. The third kappa shape index (κ3) is 17.3. The van der Waals surface area contributed by atoms with E-state index in [1.54, 1.807) is 0 Å². The molecule has 0 radical (unpaired) electrons. The van der Waals surface area contributed by atoms with Gasteiger partial charge in [0.15, 0.2) is 0 Å². The highest BCUT2D eigenvalue weighted by molar-refractivity contribution is 7.92. The van der Waals surface area contributed by atoms with Crippen LogP contribution in [0.2, 0.25) is 0 Å². The van der Waals surface area contributed by atoms with Gasteiger partial charge in [-0.1, -0.05) is 11.8 Å². The number of carbonyl (C=O) groups is 2. The standard InChI is InChI=1S/C25H18F5N3O4S.C23H21F4N3O5S/c1-3-16-12-15(13-20(27)23(16)33-38(2,35)36)14-31-22(34)11-5-17-4-10-21(25(28,29)30)32-24(17)37-19-8-6-18(26)7-9-19;1-3-15-10-14(11-18(24)21(15)30-36(2,32)33)12-28-20(31)7-5-16-4-6-19(23(25,26)27)29-22(16)35-17-8-9-34-13-17/h1,4-13,33H,14H2,2H3,(H,31,34);1,4-7,10-11,17,30H,8-9,12-13H2,2H3,(H,28,31)/b11-5-;7-5+. The van der Waals surface area contributed by atoms with E-state index in [9.17, 15) is 65.9 Å². The van der Waals surface area contributed by atoms with Crippen LogP contribution in [0.25, 0.3) is 12.2 Å². The number of terminal acetylenes is 2. The molecule has 0 aliphatic carbocycles. The lowest BCUT2D eigenvalue weighted by Gasteiger charge is -2.15. The number of hydrogen-bond acceptors (Lipinski definition) is 11. The lowest BCUT2D eigenvalue weighted by molar-refractivity contribution is -0.142. The fourth-order valence-corrected chi connectivity index (χ4v) is 7.35. The molecule has 26 heteroatoms. The normalized spacial score (nSPS) is 13.8. The van der Waals surface area contributed by atoms with Crippen molar-refractivity contribution < 1.29 is 80.1 Å². The van der Waals surface area contributed by atoms with Gasteiger partial charge in [-0.2, -0.15) is 26.3 Å². The van der Waals surface area contributed by atoms with Crippen molar-refractivity contribution >= 4 is 55.4 Å². The topological polar surface area (TPSA) is 204 Å². The quantitative estimate of drug-likeness (QED) is 0.0424. The van der Waals surface area contributed by atoms with E-state index in [1.807, 2.05) is 9.44 Å². The summed E-state index contributed by atoms with van der Waals surface area (Å²) in [5.41, 5.74) is -2.71. The Morgan fingerprint density at radius 1 is 0.703 bits per heavy atom. The molecule has 3 heterocycles. The number of ether oxygens (including phenoxy) is 3. The molecular weight excluding hydrogens is 1040 g/mol. The van der Waals surface area contributed by atoms with Crippen LogP contribution in [0.15, 0.2) is 84.9 Å². The fraction of sp³-hybridized carbons (Fsp3) is 0.208. The molecule has 74 heavy (non-hydrogen) atoms. The summed E-state index contributed by atoms with van der Waals surface area (Å²) < 4.78 is 186. The second kappa shape index (κ2) is 24.1. The molecule has 1 fully saturated rings. The van der Waals surface area contributed by atoms with E-state index in [0.29, 0.717) is 19.1 Å². The Kier molecular flexibility index (Phi) is 18.5. The summed E-state index contributed by atoms with van der Waals surface area (Å²) in [6.45, 7) is 0.237. The molecule has 1 aliphatic rings. The van der Waals surface area contributed by atoms with Crippen LogP contribution in [0.1, 0.15) is 51.2 Å². The molecule has 5 aromatic rings. The Balaban J connectivity index is 0.000000274. The summed E-state index contributed by atoms with van der Waals surface area (Å²) in [7, 11) is -7.58. The predicted molar refractivity (Wildman–Crippen MR) is 252 cm³/mol. The van der Waals surface area contributed by atoms with Gasteiger partial charge in [0, 0.05) is 42.8 Å². The number of aromatic nitrogens is 2. The average Bonchev–Trinajstić information content (AvgIpc) is 3.83. The van der Waals surface area contributed by atoms with Gasteiger partial charge in [0.1, 0.15) is 40.7 Å². The van der Waals surface area contributed by atoms with Crippen LogP contribution < -0.4 is 29.6 Å². The van der Waals surface area contributed by atoms with Crippen LogP contribution in [0, 0.1) is 42.1 Å². The van der Waals surface area contributed by atoms with Crippen LogP contribution in [0.3, 0.4) is 0 Å². The molecule has 1 unspecified atom stereocenters. The number of sulfonamides is 2. The zero-order valence-electron chi connectivity index (χ0n) is 38.3. The summed E-state index contributed by atoms with van der Waals surface area (Å²) in [4.78, 5) is 31.6. The second-order valence-electron chi connectivity index (χ2n) is 15.5. The molecule has 2 amide bonds. The van der Waals surface area contributed by atoms with Crippen molar-refractivity contribution in [3.05, 3.63) is 147 Å². The zero-order valence-corrected chi connectivity index (χ0v) is 39.9. The minimum Gasteiger partial charge on any atom is -0.471 e. The second-order valence-corrected chi connectivity index (χ2v) is 19.0. The summed E-state index contributed by atoms with van der Waals surface area (Å²) >= 11 is 0. The van der Waals surface area contributed by atoms with E-state index in [1.165, 1.54) is 30.3 Å². The van der Waals surface area contributed by atoms with Crippen molar-refractivity contribution in [2.24, 2.45) is 0 Å². The minimum absolute atomic E-state index is 0.00865. The first-order chi connectivity index (χ1) is 34.6. The number of alkyl halides is 6. The van der Waals surface area contributed by atoms with Crippen molar-refractivity contribution in [1.82, 2.24) is 20.6 Å². The molecule has 4 N–H and O–H groups in total. The fourth-order valence-electron chi connectivity index (χ4n) is 6.19. The van der Waals surface area contributed by atoms with E-state index in [2.05, 4.69) is 32.4 Å². The van der Waals surface area contributed by atoms with E-state index < -0.39 is 90.7 Å². The Morgan fingerprint density at radius 2 is 1.15 bits per heavy atom. The maximum Gasteiger partial charge on any atom is 0.433 e. The molecule has 6 rings (SSSR count). The smallest absolute Gasteiger partial charge is 0.433 e. The van der Waals surface area contributed by atoms with Gasteiger partial charge < -0.3 is 24.8 Å². The summed E-state index contributed by atoms with van der Waals surface area (Å²) in [6, 6.07) is 12.7. The van der Waals surface area contributed by atoms with Gasteiger partial charge in [-0.05, 0) is 96.1 Å². The number of nitrogens with one attached hydrogen (secondary N) is 4. The number of amides is 2. The number of benzene rings is 3. The third-order valence-electron chi connectivity index (χ3n) is 9.50. The Morgan fingerprint density at radius 3 is 1.55 bits per heavy atom. The molecule has 0 saturated carbocycles. The number of hydrogen-bond donors (Lipinski definition) is 4. The monoisotopic (exact) mass is 1080 g/mol. The van der Waals surface area contributed by atoms with Gasteiger partial charge >= 0.3 is 12.4 Å². The van der Waals surface area contributed by atoms with Crippen molar-refractivity contribution in [2.75, 3.05) is 35.2 Å². The highest BCUT2D eigenvalue weighted by atomic mass is 32.2. The first-order valence-electron chi connectivity index (χ1n) is 20.9. The minimum atomic E-state index is -4.76. The molecule has 2 aromatic heterocycles. The molecule has 1 aliphatic heterocycles. The van der Waals surface area contributed by atoms with Crippen molar-refractivity contribution in [2.45, 2.75) is 38.0 Å². The van der Waals surface area contributed by atoms with E-state index in [0.717, 1.165) is 73.2 Å². The molecular formula is C48H39F9N6O9S2. The first kappa shape index (κ1) is 56.8. The highest BCUT2D eigenvalue weighted by Gasteiger charge is 2.35. The van der Waals surface area contributed by atoms with Crippen LogP contribution in [-0.2, 0) is 59.8 Å². The van der Waals surface area contributed by atoms with Gasteiger partial charge in [-0.25, -0.2) is 40.0 Å². The Labute approximate surface area is 417 Å². The molecule has 0 bridgehead atoms. The molecule has 1 saturated heterocycles. The highest BCUT2D eigenvalue weighted by Crippen LogP contribution is 2.34. The molecule has 390 valence electrons. The first-order valence-corrected chi connectivity index (χ1v) is 24.7. The van der Waals surface area contributed by atoms with Crippen LogP contribution in [0.4, 0.5) is 50.9 Å². The predicted octanol–water partition coefficient (Wildman–Crippen LogP) is 7.94. The lowest BCUT2D eigenvalue weighted by atomic mass is 10.1. The van der Waals surface area contributed by atoms with E-state index in [4.69, 9.17) is 27.1 Å². The van der Waals surface area contributed by atoms with Gasteiger partial charge in [0.2, 0.25) is 43.6 Å². The van der Waals surface area contributed by atoms with E-state index in [-0.39, 0.29) is 70.4 Å². The number of rotatable bonds is 16. The van der Waals surface area contributed by atoms with E-state index >= 15 is 0 Å². The van der Waals surface area contributed by atoms with Gasteiger partial charge in [-0.3, -0.25) is 19.0 Å². The summed E-state index contributed by atoms with van der Waals surface area (Å²) in [5, 5.41) is 4.93. The van der Waals surface area contributed by atoms with Crippen molar-refractivity contribution in [3.8, 4) is 42.2 Å². The molecule has 0 spiro atoms. The van der Waals surface area contributed by atoms with Crippen LogP contribution in [0.5, 0.6) is 17.5 Å². The Bertz CT molecular complexity index is 3280. The number of pyridine rings is 2. The number of halogens is 9. The number of nitrogens with zero attached hydrogens (tertiary/aromatic N) is 2. The summed E-state index contributed by atoms with van der Waals surface area (Å²) in [6.07, 6.45) is 7.34. The molecule has 15 nitrogen and oxygen atoms in total. The van der Waals surface area contributed by atoms with Crippen molar-refractivity contribution in [1.29, 1.82) is 0 Å². The maximum atomic E-state index is 14.4. The van der Waals surface area contributed by atoms with Gasteiger partial charge in [0.05, 0.1) is 48.2 Å². The largest absolute Gasteiger partial charge is 0.471 e. The van der Waals surface area contributed by atoms with Crippen LogP contribution >= 0.6 is 0 Å². The zero-order chi connectivity index (χ0) is 54.6. The Hall–Kier alpha value is -8.07. The average molecular weight is 1080 g/mol. The summed E-state index contributed by atoms with van der Waals surface area (Å²) in [5.74, 6) is -0.238. The van der Waals surface area contributed by atoms with Gasteiger partial charge in [0.25, 0.3) is 0 Å². The number of anilines is 2. The van der Waals surface area contributed by atoms with Crippen molar-refractivity contribution in [3.63, 3.8) is 0 Å². The van der Waals surface area contributed by atoms with Crippen LogP contribution in [-0.4, -0.2) is 70.4 Å². The SMILES string of the molecule is C#Cc1cc(CNC(=O)/C=C/c2ccc(C(F)(F)F)nc2OC2CCOC2)cc(F)c1NS(C)(=O)=O.C#Cc1cc(CNC(=O)/C=C\c2ccc(C(F)(F)F)nc2Oc2ccc(F)cc2)cc(F)c1NS(C)(=O)=O. The molecule has 1 atom stereocenters. The lowest BCUT2D eigenvalue weighted by Crippen LogP contribution is -2.21. The van der Waals surface area contributed by atoms with Gasteiger partial charge in [-0.15, -0.1) is 12.8 Å². The maximum absolute atomic E-state index is 14.4. The molecule has 3 aromatic carbocycles. The number of carbonyl (C=O) groups excluding carboxylic acids is 2.